The van der Waals surface area contributed by atoms with Crippen molar-refractivity contribution in [3.05, 3.63) is 102 Å². The van der Waals surface area contributed by atoms with Crippen LogP contribution in [0.15, 0.2) is 85.1 Å². The molecule has 0 aliphatic carbocycles. The Morgan fingerprint density at radius 3 is 1.85 bits per heavy atom. The molecule has 1 heterocycles. The number of H-pyrrole nitrogens is 1. The topological polar surface area (TPSA) is 403 Å². The molecular weight excluding hydrogens is 883 g/mol. The van der Waals surface area contributed by atoms with Crippen LogP contribution in [-0.2, 0) is 57.6 Å². The van der Waals surface area contributed by atoms with E-state index in [0.29, 0.717) is 34.0 Å². The molecule has 0 saturated heterocycles. The second-order valence-electron chi connectivity index (χ2n) is 16.6. The molecule has 1 aromatic heterocycles. The fraction of sp³-hybridized carbons (Fsp3) is 0.391. The Hall–Kier alpha value is -7.24. The van der Waals surface area contributed by atoms with Gasteiger partial charge in [0.1, 0.15) is 35.6 Å². The highest BCUT2D eigenvalue weighted by atomic mass is 16.4. The Labute approximate surface area is 391 Å². The number of carboxylic acids is 1. The fourth-order valence-electron chi connectivity index (χ4n) is 7.34. The number of aromatic nitrogens is 1. The number of fused-ring (bicyclic) bond motifs is 1. The third-order valence-corrected chi connectivity index (χ3v) is 11.0. The van der Waals surface area contributed by atoms with Crippen LogP contribution in [0.4, 0.5) is 0 Å². The van der Waals surface area contributed by atoms with Gasteiger partial charge in [-0.15, -0.1) is 0 Å². The van der Waals surface area contributed by atoms with Crippen molar-refractivity contribution in [1.29, 1.82) is 0 Å². The molecule has 0 radical (unpaired) electrons. The summed E-state index contributed by atoms with van der Waals surface area (Å²) in [4.78, 5) is 110. The summed E-state index contributed by atoms with van der Waals surface area (Å²) >= 11 is 0. The van der Waals surface area contributed by atoms with Crippen LogP contribution in [0.2, 0.25) is 0 Å². The number of nitrogens with one attached hydrogen (secondary N) is 6. The molecule has 7 atom stereocenters. The van der Waals surface area contributed by atoms with Crippen LogP contribution in [0, 0.1) is 0 Å². The summed E-state index contributed by atoms with van der Waals surface area (Å²) in [5.41, 5.74) is 29.5. The minimum Gasteiger partial charge on any atom is -0.508 e. The molecule has 0 unspecified atom stereocenters. The fourth-order valence-corrected chi connectivity index (χ4v) is 7.34. The number of aliphatic hydroxyl groups excluding tert-OH is 1. The number of rotatable bonds is 27. The first kappa shape index (κ1) is 53.4. The zero-order valence-corrected chi connectivity index (χ0v) is 37.5. The quantitative estimate of drug-likeness (QED) is 0.0221. The zero-order chi connectivity index (χ0) is 50.1. The van der Waals surface area contributed by atoms with Crippen LogP contribution in [-0.4, -0.2) is 122 Å². The summed E-state index contributed by atoms with van der Waals surface area (Å²) in [6.07, 6.45) is -1.39. The summed E-state index contributed by atoms with van der Waals surface area (Å²) in [7, 11) is 0. The Kier molecular flexibility index (Phi) is 19.7. The Balaban J connectivity index is 1.67. The third-order valence-electron chi connectivity index (χ3n) is 11.0. The molecule has 22 heteroatoms. The van der Waals surface area contributed by atoms with Gasteiger partial charge in [0, 0.05) is 29.9 Å². The molecule has 0 aliphatic heterocycles. The number of primary amides is 1. The van der Waals surface area contributed by atoms with E-state index in [4.69, 9.17) is 28.7 Å². The Morgan fingerprint density at radius 2 is 1.25 bits per heavy atom. The number of unbranched alkanes of at least 4 members (excludes halogenated alkanes) is 1. The number of para-hydroxylation sites is 1. The molecule has 19 N–H and O–H groups in total. The number of nitrogens with two attached hydrogens (primary N) is 5. The van der Waals surface area contributed by atoms with Crippen molar-refractivity contribution >= 4 is 58.1 Å². The van der Waals surface area contributed by atoms with Crippen molar-refractivity contribution in [1.82, 2.24) is 31.6 Å². The number of hydrogen-bond acceptors (Lipinski definition) is 14. The lowest BCUT2D eigenvalue weighted by Gasteiger charge is -2.30. The van der Waals surface area contributed by atoms with Crippen molar-refractivity contribution < 1.29 is 53.7 Å². The maximum absolute atomic E-state index is 14.5. The SMILES string of the molecule is C[C@@H](O)[C@H](NC(=O)CC(N)(N)C(=O)[C@H](CCCCN)NC(=O)[C@@H](Cc1c[nH]c2ccccc12)NC(=O)[C@H](Cc1ccc(O)cc1)NC(=O)[C@H](CC(=O)O)NC(=O)[C@H](N)Cc1ccccc1)C(N)=O. The van der Waals surface area contributed by atoms with Crippen LogP contribution in [0.25, 0.3) is 10.9 Å². The lowest BCUT2D eigenvalue weighted by atomic mass is 9.92. The van der Waals surface area contributed by atoms with E-state index in [9.17, 15) is 53.7 Å². The normalized spacial score (nSPS) is 14.5. The number of phenolic OH excluding ortho intramolecular Hbond substituents is 1. The van der Waals surface area contributed by atoms with Gasteiger partial charge < -0.3 is 75.6 Å². The van der Waals surface area contributed by atoms with Crippen molar-refractivity contribution in [2.75, 3.05) is 6.54 Å². The zero-order valence-electron chi connectivity index (χ0n) is 37.5. The van der Waals surface area contributed by atoms with Crippen molar-refractivity contribution in [3.63, 3.8) is 0 Å². The van der Waals surface area contributed by atoms with E-state index in [1.807, 2.05) is 0 Å². The van der Waals surface area contributed by atoms with Gasteiger partial charge in [-0.05, 0) is 74.0 Å². The first-order valence-electron chi connectivity index (χ1n) is 21.8. The average molecular weight is 944 g/mol. The second-order valence-corrected chi connectivity index (χ2v) is 16.6. The minimum atomic E-state index is -2.45. The average Bonchev–Trinajstić information content (AvgIpc) is 3.69. The Morgan fingerprint density at radius 1 is 0.691 bits per heavy atom. The van der Waals surface area contributed by atoms with Crippen molar-refractivity contribution in [3.8, 4) is 5.75 Å². The highest BCUT2D eigenvalue weighted by Gasteiger charge is 2.40. The number of aromatic hydroxyl groups is 1. The molecule has 0 spiro atoms. The lowest BCUT2D eigenvalue weighted by Crippen LogP contribution is -2.66. The molecule has 3 aromatic carbocycles. The van der Waals surface area contributed by atoms with E-state index < -0.39 is 108 Å². The van der Waals surface area contributed by atoms with Gasteiger partial charge in [-0.3, -0.25) is 38.4 Å². The minimum absolute atomic E-state index is 0.0630. The number of aliphatic hydroxyl groups is 1. The highest BCUT2D eigenvalue weighted by molar-refractivity contribution is 6.01. The molecule has 4 aromatic rings. The maximum Gasteiger partial charge on any atom is 0.305 e. The number of carboxylic acid groups (broad SMARTS) is 1. The van der Waals surface area contributed by atoms with E-state index >= 15 is 0 Å². The van der Waals surface area contributed by atoms with E-state index in [1.165, 1.54) is 31.2 Å². The number of carbonyl (C=O) groups is 8. The molecule has 22 nitrogen and oxygen atoms in total. The summed E-state index contributed by atoms with van der Waals surface area (Å²) in [6, 6.07) is 12.5. The summed E-state index contributed by atoms with van der Waals surface area (Å²) in [5.74, 6) is -8.42. The second kappa shape index (κ2) is 25.0. The van der Waals surface area contributed by atoms with Crippen molar-refractivity contribution in [2.45, 2.75) is 106 Å². The predicted octanol–water partition coefficient (Wildman–Crippen LogP) is -2.30. The molecule has 4 rings (SSSR count). The molecule has 366 valence electrons. The number of Topliss-reactive ketones (excluding diaryl/α,β-unsaturated/α-hetero) is 1. The number of aliphatic carboxylic acids is 1. The van der Waals surface area contributed by atoms with Crippen LogP contribution in [0.3, 0.4) is 0 Å². The molecule has 0 bridgehead atoms. The summed E-state index contributed by atoms with van der Waals surface area (Å²) in [5, 5.41) is 42.7. The monoisotopic (exact) mass is 943 g/mol. The van der Waals surface area contributed by atoms with Gasteiger partial charge in [-0.25, -0.2) is 0 Å². The van der Waals surface area contributed by atoms with Crippen LogP contribution in [0.5, 0.6) is 5.75 Å². The van der Waals surface area contributed by atoms with Gasteiger partial charge in [0.05, 0.1) is 31.0 Å². The van der Waals surface area contributed by atoms with Gasteiger partial charge in [0.2, 0.25) is 35.4 Å². The molecule has 0 saturated carbocycles. The first-order valence-corrected chi connectivity index (χ1v) is 21.8. The summed E-state index contributed by atoms with van der Waals surface area (Å²) < 4.78 is 0. The van der Waals surface area contributed by atoms with Gasteiger partial charge >= 0.3 is 5.97 Å². The van der Waals surface area contributed by atoms with Gasteiger partial charge in [-0.2, -0.15) is 0 Å². The van der Waals surface area contributed by atoms with Crippen LogP contribution >= 0.6 is 0 Å². The Bertz CT molecular complexity index is 2390. The first-order chi connectivity index (χ1) is 32.2. The van der Waals surface area contributed by atoms with E-state index in [0.717, 1.165) is 0 Å². The number of ketones is 1. The van der Waals surface area contributed by atoms with Crippen LogP contribution in [0.1, 0.15) is 55.7 Å². The predicted molar refractivity (Wildman–Crippen MR) is 248 cm³/mol. The van der Waals surface area contributed by atoms with E-state index in [1.54, 1.807) is 60.8 Å². The molecule has 0 aliphatic rings. The van der Waals surface area contributed by atoms with Crippen molar-refractivity contribution in [2.24, 2.45) is 28.7 Å². The molecule has 68 heavy (non-hydrogen) atoms. The van der Waals surface area contributed by atoms with Gasteiger partial charge in [-0.1, -0.05) is 60.7 Å². The largest absolute Gasteiger partial charge is 0.508 e. The van der Waals surface area contributed by atoms with E-state index in [-0.39, 0.29) is 44.4 Å². The third kappa shape index (κ3) is 16.0. The smallest absolute Gasteiger partial charge is 0.305 e. The van der Waals surface area contributed by atoms with Gasteiger partial charge in [0.15, 0.2) is 5.78 Å². The lowest BCUT2D eigenvalue weighted by molar-refractivity contribution is -0.141. The molecule has 6 amide bonds. The molecular formula is C46H61N11O11. The van der Waals surface area contributed by atoms with Crippen LogP contribution < -0.4 is 55.3 Å². The van der Waals surface area contributed by atoms with Gasteiger partial charge in [0.25, 0.3) is 0 Å². The number of amides is 6. The highest BCUT2D eigenvalue weighted by Crippen LogP contribution is 2.20. The number of phenols is 1. The number of hydrogen-bond donors (Lipinski definition) is 14. The number of aromatic amines is 1. The number of carbonyl (C=O) groups excluding carboxylic acids is 7. The van der Waals surface area contributed by atoms with E-state index in [2.05, 4.69) is 31.6 Å². The molecule has 0 fully saturated rings. The summed E-state index contributed by atoms with van der Waals surface area (Å²) in [6.45, 7) is 1.42. The number of benzene rings is 3. The standard InChI is InChI=1S/C46H61N11O11/c1-25(58)39(41(49)64)57-37(60)23-46(50,51)40(63)33(13-7-8-18-47)53-44(67)35(21-28-24-52-32-12-6-5-11-30(28)32)56-43(66)34(20-27-14-16-29(59)17-15-27)55-45(68)36(22-38(61)62)54-42(65)31(48)19-26-9-3-2-4-10-26/h2-6,9-12,14-17,24-25,31,33-36,39,52,58-59H,7-8,13,18-23,47-48,50-51H2,1H3,(H2,49,64)(H,53,67)(H,54,65)(H,55,68)(H,56,66)(H,57,60)(H,61,62)/t25-,31-,33+,34+,35-,36+,39+/m1/s1. The maximum atomic E-state index is 14.5.